The van der Waals surface area contributed by atoms with E-state index in [0.29, 0.717) is 36.8 Å². The first-order valence-electron chi connectivity index (χ1n) is 11.1. The first-order chi connectivity index (χ1) is 15.2. The maximum atomic E-state index is 13.2. The summed E-state index contributed by atoms with van der Waals surface area (Å²) in [4.78, 5) is 30.7. The largest absolute Gasteiger partial charge is 0.338 e. The van der Waals surface area contributed by atoms with Crippen LogP contribution in [0, 0.1) is 5.92 Å². The predicted octanol–water partition coefficient (Wildman–Crippen LogP) is 1.14. The number of aromatic nitrogens is 5. The van der Waals surface area contributed by atoms with Crippen molar-refractivity contribution in [2.24, 2.45) is 5.92 Å². The lowest BCUT2D eigenvalue weighted by Crippen LogP contribution is -2.49. The third-order valence-electron chi connectivity index (χ3n) is 7.00. The number of carbonyl (C=O) groups excluding carboxylic acids is 1. The Labute approximate surface area is 179 Å². The van der Waals surface area contributed by atoms with Gasteiger partial charge in [0.2, 0.25) is 0 Å². The van der Waals surface area contributed by atoms with E-state index in [9.17, 15) is 9.59 Å². The van der Waals surface area contributed by atoms with Crippen molar-refractivity contribution in [2.75, 3.05) is 26.2 Å². The Balaban J connectivity index is 1.25. The van der Waals surface area contributed by atoms with Crippen molar-refractivity contribution in [1.29, 1.82) is 0 Å². The molecule has 0 unspecified atom stereocenters. The van der Waals surface area contributed by atoms with Gasteiger partial charge in [-0.3, -0.25) is 14.5 Å². The van der Waals surface area contributed by atoms with Gasteiger partial charge in [0.1, 0.15) is 0 Å². The van der Waals surface area contributed by atoms with Crippen molar-refractivity contribution in [2.45, 2.75) is 38.3 Å². The highest BCUT2D eigenvalue weighted by atomic mass is 16.2. The minimum Gasteiger partial charge on any atom is -0.338 e. The second kappa shape index (κ2) is 7.26. The number of carbonyl (C=O) groups is 1. The van der Waals surface area contributed by atoms with E-state index in [0.717, 1.165) is 37.3 Å². The minimum atomic E-state index is -0.00597. The van der Waals surface area contributed by atoms with Gasteiger partial charge in [-0.1, -0.05) is 6.07 Å². The molecule has 2 bridgehead atoms. The Morgan fingerprint density at radius 1 is 1.06 bits per heavy atom. The Morgan fingerprint density at radius 2 is 1.94 bits per heavy atom. The standard InChI is InChI=1S/C22H25N7O2/c30-21(17-4-6-20-23-24-25-29(20)14-17)27-10-15-9-18(13-27)19-5-3-16(22(31)28(19)11-15)12-26-7-1-2-8-26/h3-6,14-15,18H,1-2,7-13H2/t15-,18+/m0/s1. The molecule has 2 atom stereocenters. The van der Waals surface area contributed by atoms with E-state index in [1.165, 1.54) is 17.4 Å². The predicted molar refractivity (Wildman–Crippen MR) is 113 cm³/mol. The van der Waals surface area contributed by atoms with Crippen molar-refractivity contribution < 1.29 is 4.79 Å². The van der Waals surface area contributed by atoms with Gasteiger partial charge in [-0.2, -0.15) is 4.52 Å². The number of hydrogen-bond acceptors (Lipinski definition) is 6. The lowest BCUT2D eigenvalue weighted by atomic mass is 9.82. The zero-order chi connectivity index (χ0) is 20.9. The zero-order valence-corrected chi connectivity index (χ0v) is 17.4. The molecule has 0 aliphatic carbocycles. The van der Waals surface area contributed by atoms with E-state index < -0.39 is 0 Å². The fraction of sp³-hybridized carbons (Fsp3) is 0.500. The number of hydrogen-bond donors (Lipinski definition) is 0. The van der Waals surface area contributed by atoms with Gasteiger partial charge < -0.3 is 9.47 Å². The van der Waals surface area contributed by atoms with Crippen LogP contribution in [0.4, 0.5) is 0 Å². The van der Waals surface area contributed by atoms with Crippen LogP contribution in [0.2, 0.25) is 0 Å². The van der Waals surface area contributed by atoms with Crippen LogP contribution in [0.25, 0.3) is 5.65 Å². The van der Waals surface area contributed by atoms with E-state index in [-0.39, 0.29) is 17.4 Å². The number of tetrazole rings is 1. The summed E-state index contributed by atoms with van der Waals surface area (Å²) in [6, 6.07) is 7.67. The molecule has 3 aliphatic heterocycles. The van der Waals surface area contributed by atoms with Gasteiger partial charge in [-0.25, -0.2) is 0 Å². The van der Waals surface area contributed by atoms with E-state index in [4.69, 9.17) is 0 Å². The molecule has 2 saturated heterocycles. The highest BCUT2D eigenvalue weighted by molar-refractivity contribution is 5.94. The van der Waals surface area contributed by atoms with E-state index in [2.05, 4.69) is 26.5 Å². The van der Waals surface area contributed by atoms with Gasteiger partial charge in [0.25, 0.3) is 11.5 Å². The third-order valence-corrected chi connectivity index (χ3v) is 7.00. The molecule has 1 amide bonds. The Hall–Kier alpha value is -3.07. The third kappa shape index (κ3) is 3.23. The first kappa shape index (κ1) is 18.7. The van der Waals surface area contributed by atoms with Crippen LogP contribution in [-0.4, -0.2) is 66.5 Å². The van der Waals surface area contributed by atoms with Crippen LogP contribution in [-0.2, 0) is 13.1 Å². The van der Waals surface area contributed by atoms with Crippen molar-refractivity contribution in [3.8, 4) is 0 Å². The smallest absolute Gasteiger partial charge is 0.255 e. The molecule has 9 nitrogen and oxygen atoms in total. The first-order valence-corrected chi connectivity index (χ1v) is 11.1. The molecular formula is C22H25N7O2. The maximum Gasteiger partial charge on any atom is 0.255 e. The summed E-state index contributed by atoms with van der Waals surface area (Å²) >= 11 is 0. The molecule has 0 radical (unpaired) electrons. The quantitative estimate of drug-likeness (QED) is 0.633. The van der Waals surface area contributed by atoms with Crippen molar-refractivity contribution in [1.82, 2.24) is 34.4 Å². The minimum absolute atomic E-state index is 0.00597. The molecule has 0 spiro atoms. The van der Waals surface area contributed by atoms with Gasteiger partial charge in [-0.05, 0) is 66.9 Å². The van der Waals surface area contributed by atoms with Crippen LogP contribution >= 0.6 is 0 Å². The Kier molecular flexibility index (Phi) is 4.38. The molecule has 0 saturated carbocycles. The second-order valence-corrected chi connectivity index (χ2v) is 9.09. The molecule has 31 heavy (non-hydrogen) atoms. The number of piperidine rings is 1. The molecule has 3 aromatic heterocycles. The van der Waals surface area contributed by atoms with Crippen LogP contribution < -0.4 is 5.56 Å². The number of nitrogens with zero attached hydrogens (tertiary/aromatic N) is 7. The van der Waals surface area contributed by atoms with Gasteiger partial charge in [0, 0.05) is 49.6 Å². The lowest BCUT2D eigenvalue weighted by Gasteiger charge is -2.43. The molecule has 6 rings (SSSR count). The number of fused-ring (bicyclic) bond motifs is 5. The van der Waals surface area contributed by atoms with E-state index in [1.54, 1.807) is 18.3 Å². The summed E-state index contributed by atoms with van der Waals surface area (Å²) in [5, 5.41) is 11.4. The summed E-state index contributed by atoms with van der Waals surface area (Å²) in [5.41, 5.74) is 3.32. The molecule has 3 aliphatic rings. The average Bonchev–Trinajstić information content (AvgIpc) is 3.46. The normalized spacial score (nSPS) is 23.3. The van der Waals surface area contributed by atoms with E-state index in [1.807, 2.05) is 15.5 Å². The molecule has 2 fully saturated rings. The number of likely N-dealkylation sites (tertiary alicyclic amines) is 2. The van der Waals surface area contributed by atoms with E-state index >= 15 is 0 Å². The topological polar surface area (TPSA) is 88.6 Å². The molecule has 160 valence electrons. The molecule has 3 aromatic rings. The molecule has 6 heterocycles. The fourth-order valence-electron chi connectivity index (χ4n) is 5.51. The number of rotatable bonds is 3. The second-order valence-electron chi connectivity index (χ2n) is 9.09. The fourth-order valence-corrected chi connectivity index (χ4v) is 5.51. The SMILES string of the molecule is O=C(c1ccc2nnnn2c1)N1C[C@@H]2C[C@H](C1)c1ccc(CN3CCCC3)c(=O)n1C2. The highest BCUT2D eigenvalue weighted by Gasteiger charge is 2.37. The summed E-state index contributed by atoms with van der Waals surface area (Å²) in [6.07, 6.45) is 5.16. The zero-order valence-electron chi connectivity index (χ0n) is 17.4. The molecule has 0 N–H and O–H groups in total. The molecule has 0 aromatic carbocycles. The van der Waals surface area contributed by atoms with Crippen molar-refractivity contribution in [3.05, 3.63) is 57.6 Å². The lowest BCUT2D eigenvalue weighted by molar-refractivity contribution is 0.0593. The Morgan fingerprint density at radius 3 is 2.81 bits per heavy atom. The van der Waals surface area contributed by atoms with Crippen LogP contribution in [0.3, 0.4) is 0 Å². The average molecular weight is 419 g/mol. The maximum absolute atomic E-state index is 13.2. The summed E-state index contributed by atoms with van der Waals surface area (Å²) in [7, 11) is 0. The number of pyridine rings is 2. The van der Waals surface area contributed by atoms with Crippen LogP contribution in [0.1, 0.15) is 46.8 Å². The number of amides is 1. The summed E-state index contributed by atoms with van der Waals surface area (Å²) in [6.45, 7) is 4.91. The monoisotopic (exact) mass is 419 g/mol. The molecule has 9 heteroatoms. The van der Waals surface area contributed by atoms with Crippen molar-refractivity contribution in [3.63, 3.8) is 0 Å². The van der Waals surface area contributed by atoms with Gasteiger partial charge in [0.15, 0.2) is 5.65 Å². The van der Waals surface area contributed by atoms with Gasteiger partial charge >= 0.3 is 0 Å². The highest BCUT2D eigenvalue weighted by Crippen LogP contribution is 2.35. The van der Waals surface area contributed by atoms with Gasteiger partial charge in [0.05, 0.1) is 5.56 Å². The van der Waals surface area contributed by atoms with Crippen LogP contribution in [0.5, 0.6) is 0 Å². The molecular weight excluding hydrogens is 394 g/mol. The summed E-state index contributed by atoms with van der Waals surface area (Å²) in [5.74, 6) is 0.488. The Bertz CT molecular complexity index is 1210. The van der Waals surface area contributed by atoms with Crippen LogP contribution in [0.15, 0.2) is 35.3 Å². The van der Waals surface area contributed by atoms with Gasteiger partial charge in [-0.15, -0.1) is 5.10 Å². The summed E-state index contributed by atoms with van der Waals surface area (Å²) < 4.78 is 3.51. The van der Waals surface area contributed by atoms with Crippen molar-refractivity contribution >= 4 is 11.6 Å².